The number of hydrogen-bond donors (Lipinski definition) is 2. The first-order valence-corrected chi connectivity index (χ1v) is 10.5. The molecule has 0 spiro atoms. The molecule has 2 aliphatic rings. The lowest BCUT2D eigenvalue weighted by atomic mass is 10.1. The predicted octanol–water partition coefficient (Wildman–Crippen LogP) is 1.36. The van der Waals surface area contributed by atoms with E-state index in [0.29, 0.717) is 18.6 Å². The van der Waals surface area contributed by atoms with Gasteiger partial charge in [-0.2, -0.15) is 0 Å². The molecule has 0 unspecified atom stereocenters. The highest BCUT2D eigenvalue weighted by Gasteiger charge is 2.53. The molecule has 1 aromatic rings. The molecule has 29 heavy (non-hydrogen) atoms. The number of nitrogens with one attached hydrogen (secondary N) is 2. The van der Waals surface area contributed by atoms with E-state index < -0.39 is 24.5 Å². The monoisotopic (exact) mass is 419 g/mol. The Bertz CT molecular complexity index is 838. The maximum Gasteiger partial charge on any atom is 0.330 e. The number of fused-ring (bicyclic) bond motifs is 1. The first kappa shape index (κ1) is 21.2. The number of para-hydroxylation sites is 1. The molecule has 2 heterocycles. The number of aryl methyl sites for hydroxylation is 2. The van der Waals surface area contributed by atoms with Crippen molar-refractivity contribution in [3.63, 3.8) is 0 Å². The Balaban J connectivity index is 1.44. The Kier molecular flexibility index (Phi) is 6.16. The Morgan fingerprint density at radius 1 is 1.24 bits per heavy atom. The molecule has 2 N–H and O–H groups in total. The Morgan fingerprint density at radius 3 is 2.62 bits per heavy atom. The molecule has 2 atom stereocenters. The second kappa shape index (κ2) is 8.44. The molecular weight excluding hydrogens is 394 g/mol. The molecule has 1 aromatic carbocycles. The molecule has 9 heteroatoms. The zero-order valence-corrected chi connectivity index (χ0v) is 17.6. The van der Waals surface area contributed by atoms with Crippen LogP contribution >= 0.6 is 11.8 Å². The van der Waals surface area contributed by atoms with Gasteiger partial charge in [-0.05, 0) is 38.3 Å². The number of benzene rings is 1. The molecule has 8 nitrogen and oxygen atoms in total. The number of thioether (sulfide) groups is 1. The third-order valence-electron chi connectivity index (χ3n) is 5.25. The van der Waals surface area contributed by atoms with E-state index in [-0.39, 0.29) is 23.2 Å². The molecule has 0 aromatic heterocycles. The highest BCUT2D eigenvalue weighted by molar-refractivity contribution is 8.01. The smallest absolute Gasteiger partial charge is 0.330 e. The van der Waals surface area contributed by atoms with Crippen LogP contribution in [0, 0.1) is 13.8 Å². The SMILES string of the molecule is Cc1cccc(C)c1NC(=O)CNC(=O)COC(=O)[C@H]1CS[C@@]2(C)CCC(=O)N12. The molecule has 3 rings (SSSR count). The molecular formula is C20H25N3O5S. The van der Waals surface area contributed by atoms with Crippen LogP contribution in [-0.2, 0) is 23.9 Å². The lowest BCUT2D eigenvalue weighted by molar-refractivity contribution is -0.156. The fraction of sp³-hybridized carbons (Fsp3) is 0.500. The largest absolute Gasteiger partial charge is 0.454 e. The summed E-state index contributed by atoms with van der Waals surface area (Å²) in [5.41, 5.74) is 2.57. The van der Waals surface area contributed by atoms with Gasteiger partial charge in [0.1, 0.15) is 6.04 Å². The van der Waals surface area contributed by atoms with Crippen LogP contribution in [0.3, 0.4) is 0 Å². The average molecular weight is 420 g/mol. The summed E-state index contributed by atoms with van der Waals surface area (Å²) in [6.45, 7) is 5.00. The van der Waals surface area contributed by atoms with Crippen molar-refractivity contribution in [2.75, 3.05) is 24.2 Å². The van der Waals surface area contributed by atoms with Gasteiger partial charge in [-0.15, -0.1) is 11.8 Å². The van der Waals surface area contributed by atoms with Crippen LogP contribution in [0.25, 0.3) is 0 Å². The fourth-order valence-electron chi connectivity index (χ4n) is 3.65. The number of rotatable bonds is 6. The predicted molar refractivity (Wildman–Crippen MR) is 109 cm³/mol. The lowest BCUT2D eigenvalue weighted by Crippen LogP contribution is -2.47. The Hall–Kier alpha value is -2.55. The Labute approximate surface area is 173 Å². The number of amides is 3. The summed E-state index contributed by atoms with van der Waals surface area (Å²) >= 11 is 1.56. The second-order valence-corrected chi connectivity index (χ2v) is 8.97. The van der Waals surface area contributed by atoms with Gasteiger partial charge >= 0.3 is 5.97 Å². The van der Waals surface area contributed by atoms with E-state index in [1.807, 2.05) is 39.0 Å². The summed E-state index contributed by atoms with van der Waals surface area (Å²) in [7, 11) is 0. The molecule has 0 saturated carbocycles. The molecule has 2 fully saturated rings. The minimum Gasteiger partial charge on any atom is -0.454 e. The summed E-state index contributed by atoms with van der Waals surface area (Å²) in [6.07, 6.45) is 1.12. The van der Waals surface area contributed by atoms with Crippen molar-refractivity contribution in [1.82, 2.24) is 10.2 Å². The van der Waals surface area contributed by atoms with Gasteiger partial charge in [0.2, 0.25) is 11.8 Å². The van der Waals surface area contributed by atoms with Crippen LogP contribution in [0.1, 0.15) is 30.9 Å². The third-order valence-corrected chi connectivity index (χ3v) is 6.76. The molecule has 3 amide bonds. The molecule has 156 valence electrons. The van der Waals surface area contributed by atoms with Crippen molar-refractivity contribution in [3.8, 4) is 0 Å². The quantitative estimate of drug-likeness (QED) is 0.675. The zero-order chi connectivity index (χ0) is 21.2. The number of carbonyl (C=O) groups is 4. The van der Waals surface area contributed by atoms with Crippen molar-refractivity contribution >= 4 is 41.1 Å². The van der Waals surface area contributed by atoms with Crippen LogP contribution in [0.5, 0.6) is 0 Å². The minimum absolute atomic E-state index is 0.0629. The zero-order valence-electron chi connectivity index (χ0n) is 16.7. The van der Waals surface area contributed by atoms with E-state index >= 15 is 0 Å². The van der Waals surface area contributed by atoms with Crippen molar-refractivity contribution in [1.29, 1.82) is 0 Å². The number of esters is 1. The van der Waals surface area contributed by atoms with Gasteiger partial charge in [0.05, 0.1) is 11.4 Å². The summed E-state index contributed by atoms with van der Waals surface area (Å²) in [5.74, 6) is -1.14. The number of carbonyl (C=O) groups excluding carboxylic acids is 4. The molecule has 2 aliphatic heterocycles. The van der Waals surface area contributed by atoms with Crippen LogP contribution in [0.4, 0.5) is 5.69 Å². The minimum atomic E-state index is -0.667. The van der Waals surface area contributed by atoms with E-state index in [1.165, 1.54) is 0 Å². The van der Waals surface area contributed by atoms with Gasteiger partial charge in [0.25, 0.3) is 5.91 Å². The van der Waals surface area contributed by atoms with Crippen LogP contribution in [-0.4, -0.2) is 58.4 Å². The molecule has 0 bridgehead atoms. The van der Waals surface area contributed by atoms with Gasteiger partial charge in [-0.3, -0.25) is 14.4 Å². The van der Waals surface area contributed by atoms with Crippen LogP contribution in [0.15, 0.2) is 18.2 Å². The van der Waals surface area contributed by atoms with E-state index in [0.717, 1.165) is 16.8 Å². The van der Waals surface area contributed by atoms with Crippen molar-refractivity contribution in [2.45, 2.75) is 44.5 Å². The average Bonchev–Trinajstić information content (AvgIpc) is 3.17. The van der Waals surface area contributed by atoms with E-state index in [2.05, 4.69) is 10.6 Å². The highest BCUT2D eigenvalue weighted by atomic mass is 32.2. The summed E-state index contributed by atoms with van der Waals surface area (Å²) in [6, 6.07) is 5.01. The highest BCUT2D eigenvalue weighted by Crippen LogP contribution is 2.47. The Morgan fingerprint density at radius 2 is 1.93 bits per heavy atom. The number of nitrogens with zero attached hydrogens (tertiary/aromatic N) is 1. The van der Waals surface area contributed by atoms with Crippen LogP contribution in [0.2, 0.25) is 0 Å². The van der Waals surface area contributed by atoms with Gasteiger partial charge in [-0.25, -0.2) is 4.79 Å². The first-order chi connectivity index (χ1) is 13.7. The normalized spacial score (nSPS) is 22.9. The second-order valence-electron chi connectivity index (χ2n) is 7.46. The van der Waals surface area contributed by atoms with Crippen molar-refractivity contribution in [3.05, 3.63) is 29.3 Å². The maximum atomic E-state index is 12.3. The molecule has 0 radical (unpaired) electrons. The number of anilines is 1. The van der Waals surface area contributed by atoms with Crippen molar-refractivity contribution in [2.24, 2.45) is 0 Å². The molecule has 0 aliphatic carbocycles. The standard InChI is InChI=1S/C20H25N3O5S/c1-12-5-4-6-13(2)18(12)22-15(24)9-21-16(25)10-28-19(27)14-11-29-20(3)8-7-17(26)23(14)20/h4-6,14H,7-11H2,1-3H3,(H,21,25)(H,22,24)/t14-,20+/m1/s1. The first-order valence-electron chi connectivity index (χ1n) is 9.47. The summed E-state index contributed by atoms with van der Waals surface area (Å²) in [4.78, 5) is 49.7. The van der Waals surface area contributed by atoms with Gasteiger partial charge in [0, 0.05) is 17.9 Å². The lowest BCUT2D eigenvalue weighted by Gasteiger charge is -2.29. The van der Waals surface area contributed by atoms with E-state index in [9.17, 15) is 19.2 Å². The third kappa shape index (κ3) is 4.55. The molecule has 2 saturated heterocycles. The van der Waals surface area contributed by atoms with Gasteiger partial charge in [0.15, 0.2) is 6.61 Å². The maximum absolute atomic E-state index is 12.3. The number of ether oxygens (including phenoxy) is 1. The van der Waals surface area contributed by atoms with Gasteiger partial charge < -0.3 is 20.3 Å². The topological polar surface area (TPSA) is 105 Å². The van der Waals surface area contributed by atoms with Crippen molar-refractivity contribution < 1.29 is 23.9 Å². The number of hydrogen-bond acceptors (Lipinski definition) is 6. The van der Waals surface area contributed by atoms with Crippen LogP contribution < -0.4 is 10.6 Å². The fourth-order valence-corrected chi connectivity index (χ4v) is 5.07. The summed E-state index contributed by atoms with van der Waals surface area (Å²) < 4.78 is 5.09. The summed E-state index contributed by atoms with van der Waals surface area (Å²) in [5, 5.41) is 5.21. The van der Waals surface area contributed by atoms with E-state index in [1.54, 1.807) is 16.7 Å². The van der Waals surface area contributed by atoms with Gasteiger partial charge in [-0.1, -0.05) is 18.2 Å². The van der Waals surface area contributed by atoms with E-state index in [4.69, 9.17) is 4.74 Å².